The second-order valence-corrected chi connectivity index (χ2v) is 9.82. The monoisotopic (exact) mass is 462 g/mol. The van der Waals surface area contributed by atoms with Gasteiger partial charge in [0.15, 0.2) is 11.5 Å². The summed E-state index contributed by atoms with van der Waals surface area (Å²) in [5.41, 5.74) is 2.38. The largest absolute Gasteiger partial charge is 0.490 e. The van der Waals surface area contributed by atoms with E-state index in [9.17, 15) is 9.18 Å². The molecule has 0 unspecified atom stereocenters. The summed E-state index contributed by atoms with van der Waals surface area (Å²) in [6.07, 6.45) is 6.90. The number of halogens is 1. The maximum absolute atomic E-state index is 14.2. The third kappa shape index (κ3) is 3.51. The maximum atomic E-state index is 14.2. The van der Waals surface area contributed by atoms with E-state index in [1.165, 1.54) is 12.5 Å². The molecule has 0 atom stereocenters. The molecule has 0 amide bonds. The van der Waals surface area contributed by atoms with E-state index >= 15 is 0 Å². The number of nitrogens with one attached hydrogen (secondary N) is 1. The van der Waals surface area contributed by atoms with Crippen LogP contribution in [0.25, 0.3) is 16.4 Å². The van der Waals surface area contributed by atoms with Crippen molar-refractivity contribution in [1.82, 2.24) is 24.1 Å². The molecule has 1 aliphatic heterocycles. The van der Waals surface area contributed by atoms with Gasteiger partial charge in [0, 0.05) is 62.5 Å². The number of pyridine rings is 2. The van der Waals surface area contributed by atoms with Crippen molar-refractivity contribution in [3.63, 3.8) is 0 Å². The molecule has 3 aromatic heterocycles. The van der Waals surface area contributed by atoms with Crippen LogP contribution in [0, 0.1) is 18.2 Å². The number of rotatable bonds is 6. The van der Waals surface area contributed by atoms with Crippen molar-refractivity contribution < 1.29 is 9.13 Å². The van der Waals surface area contributed by atoms with Crippen LogP contribution in [0.1, 0.15) is 18.4 Å². The molecule has 1 saturated heterocycles. The van der Waals surface area contributed by atoms with Gasteiger partial charge in [0.2, 0.25) is 0 Å². The van der Waals surface area contributed by atoms with Crippen molar-refractivity contribution in [2.75, 3.05) is 31.5 Å². The topological polar surface area (TPSA) is 76.7 Å². The highest BCUT2D eigenvalue weighted by molar-refractivity contribution is 5.90. The van der Waals surface area contributed by atoms with Gasteiger partial charge in [-0.05, 0) is 37.5 Å². The number of fused-ring (bicyclic) bond motifs is 2. The molecule has 2 fully saturated rings. The molecule has 4 aromatic rings. The normalized spacial score (nSPS) is 17.7. The van der Waals surface area contributed by atoms with Crippen molar-refractivity contribution in [2.24, 2.45) is 12.5 Å². The highest BCUT2D eigenvalue weighted by Gasteiger charge is 2.53. The second-order valence-electron chi connectivity index (χ2n) is 9.82. The first kappa shape index (κ1) is 21.1. The van der Waals surface area contributed by atoms with Crippen molar-refractivity contribution in [3.05, 3.63) is 64.7 Å². The number of likely N-dealkylation sites (tertiary alicyclic amines) is 1. The van der Waals surface area contributed by atoms with Crippen molar-refractivity contribution in [3.8, 4) is 5.75 Å². The molecule has 8 nitrogen and oxygen atoms in total. The summed E-state index contributed by atoms with van der Waals surface area (Å²) in [4.78, 5) is 15.0. The van der Waals surface area contributed by atoms with Crippen molar-refractivity contribution in [2.45, 2.75) is 25.9 Å². The summed E-state index contributed by atoms with van der Waals surface area (Å²) in [5.74, 6) is 0.484. The second kappa shape index (κ2) is 7.80. The Balaban J connectivity index is 1.01. The van der Waals surface area contributed by atoms with Gasteiger partial charge in [-0.2, -0.15) is 0 Å². The zero-order chi connectivity index (χ0) is 23.4. The lowest BCUT2D eigenvalue weighted by atomic mass is 9.62. The zero-order valence-electron chi connectivity index (χ0n) is 19.3. The number of benzene rings is 1. The average molecular weight is 463 g/mol. The maximum Gasteiger partial charge on any atom is 0.258 e. The summed E-state index contributed by atoms with van der Waals surface area (Å²) in [6.45, 7) is 5.56. The zero-order valence-corrected chi connectivity index (χ0v) is 19.3. The van der Waals surface area contributed by atoms with E-state index in [0.717, 1.165) is 54.6 Å². The Labute approximate surface area is 196 Å². The van der Waals surface area contributed by atoms with Crippen LogP contribution in [0.4, 0.5) is 10.1 Å². The SMILES string of the molecule is Cc1ccc(OC2CC3(C2)CN(CCNc2cc4nncn4cc2F)C3)c2ccn(C)c(=O)c12. The smallest absolute Gasteiger partial charge is 0.258 e. The Hall–Kier alpha value is -3.46. The minimum absolute atomic E-state index is 0.00928. The Morgan fingerprint density at radius 3 is 2.91 bits per heavy atom. The molecule has 34 heavy (non-hydrogen) atoms. The fraction of sp³-hybridized carbons (Fsp3) is 0.400. The fourth-order valence-electron chi connectivity index (χ4n) is 5.51. The third-order valence-corrected chi connectivity index (χ3v) is 7.27. The molecule has 0 radical (unpaired) electrons. The van der Waals surface area contributed by atoms with Gasteiger partial charge in [0.05, 0.1) is 17.2 Å². The quantitative estimate of drug-likeness (QED) is 0.475. The van der Waals surface area contributed by atoms with Crippen molar-refractivity contribution >= 4 is 22.1 Å². The minimum Gasteiger partial charge on any atom is -0.490 e. The Morgan fingerprint density at radius 1 is 1.26 bits per heavy atom. The van der Waals surface area contributed by atoms with E-state index in [4.69, 9.17) is 4.74 Å². The van der Waals surface area contributed by atoms with Gasteiger partial charge in [-0.25, -0.2) is 4.39 Å². The molecular weight excluding hydrogens is 435 g/mol. The van der Waals surface area contributed by atoms with E-state index in [2.05, 4.69) is 20.4 Å². The molecule has 1 N–H and O–H groups in total. The van der Waals surface area contributed by atoms with Crippen LogP contribution in [-0.4, -0.2) is 56.3 Å². The molecule has 1 aliphatic carbocycles. The van der Waals surface area contributed by atoms with Gasteiger partial charge >= 0.3 is 0 Å². The van der Waals surface area contributed by atoms with Gasteiger partial charge in [0.1, 0.15) is 12.1 Å². The van der Waals surface area contributed by atoms with Crippen LogP contribution in [-0.2, 0) is 7.05 Å². The van der Waals surface area contributed by atoms with E-state index in [0.29, 0.717) is 23.3 Å². The molecule has 176 valence electrons. The van der Waals surface area contributed by atoms with Crippen LogP contribution in [0.2, 0.25) is 0 Å². The summed E-state index contributed by atoms with van der Waals surface area (Å²) in [6, 6.07) is 7.60. The first-order chi connectivity index (χ1) is 16.4. The third-order valence-electron chi connectivity index (χ3n) is 7.27. The van der Waals surface area contributed by atoms with Gasteiger partial charge in [-0.3, -0.25) is 9.20 Å². The molecule has 1 aromatic carbocycles. The lowest BCUT2D eigenvalue weighted by Crippen LogP contribution is -2.65. The highest BCUT2D eigenvalue weighted by Crippen LogP contribution is 2.49. The molecule has 4 heterocycles. The Morgan fingerprint density at radius 2 is 2.09 bits per heavy atom. The number of ether oxygens (including phenoxy) is 1. The van der Waals surface area contributed by atoms with Crippen LogP contribution >= 0.6 is 0 Å². The minimum atomic E-state index is -0.312. The van der Waals surface area contributed by atoms with Crippen LogP contribution < -0.4 is 15.6 Å². The van der Waals surface area contributed by atoms with Gasteiger partial charge < -0.3 is 19.5 Å². The average Bonchev–Trinajstić information content (AvgIpc) is 3.21. The van der Waals surface area contributed by atoms with Gasteiger partial charge in [-0.15, -0.1) is 10.2 Å². The summed E-state index contributed by atoms with van der Waals surface area (Å²) in [5, 5.41) is 12.6. The van der Waals surface area contributed by atoms with Crippen LogP contribution in [0.3, 0.4) is 0 Å². The van der Waals surface area contributed by atoms with Crippen LogP contribution in [0.15, 0.2) is 47.8 Å². The van der Waals surface area contributed by atoms with E-state index < -0.39 is 0 Å². The Bertz CT molecular complexity index is 1450. The molecule has 1 spiro atoms. The fourth-order valence-corrected chi connectivity index (χ4v) is 5.51. The molecular formula is C25H27FN6O2. The molecule has 0 bridgehead atoms. The lowest BCUT2D eigenvalue weighted by Gasteiger charge is -2.58. The molecule has 9 heteroatoms. The lowest BCUT2D eigenvalue weighted by molar-refractivity contribution is -0.117. The number of hydrogen-bond donors (Lipinski definition) is 1. The molecule has 6 rings (SSSR count). The standard InChI is InChI=1S/C25H27FN6O2/c1-16-3-4-21(18-5-7-30(2)24(33)23(16)18)34-17-10-25(11-17)13-31(14-25)8-6-27-20-9-22-29-28-15-32(22)12-19(20)26/h3-5,7,9,12,15,17,27H,6,8,10-11,13-14H2,1-2H3. The highest BCUT2D eigenvalue weighted by atomic mass is 19.1. The van der Waals surface area contributed by atoms with E-state index in [-0.39, 0.29) is 17.5 Å². The molecule has 2 aliphatic rings. The number of hydrogen-bond acceptors (Lipinski definition) is 6. The summed E-state index contributed by atoms with van der Waals surface area (Å²) in [7, 11) is 1.77. The van der Waals surface area contributed by atoms with Gasteiger partial charge in [-0.1, -0.05) is 6.07 Å². The van der Waals surface area contributed by atoms with Crippen LogP contribution in [0.5, 0.6) is 5.75 Å². The number of aromatic nitrogens is 4. The van der Waals surface area contributed by atoms with Crippen molar-refractivity contribution in [1.29, 1.82) is 0 Å². The predicted molar refractivity (Wildman–Crippen MR) is 128 cm³/mol. The van der Waals surface area contributed by atoms with Gasteiger partial charge in [0.25, 0.3) is 5.56 Å². The molecule has 1 saturated carbocycles. The summed E-state index contributed by atoms with van der Waals surface area (Å²) < 4.78 is 23.7. The number of anilines is 1. The first-order valence-electron chi connectivity index (χ1n) is 11.6. The Kier molecular flexibility index (Phi) is 4.84. The van der Waals surface area contributed by atoms with E-state index in [1.54, 1.807) is 28.3 Å². The number of nitrogens with zero attached hydrogens (tertiary/aromatic N) is 5. The first-order valence-corrected chi connectivity index (χ1v) is 11.6. The van der Waals surface area contributed by atoms with E-state index in [1.807, 2.05) is 25.1 Å². The predicted octanol–water partition coefficient (Wildman–Crippen LogP) is 2.98. The summed E-state index contributed by atoms with van der Waals surface area (Å²) >= 11 is 0. The number of aryl methyl sites for hydroxylation is 2.